The third-order valence-corrected chi connectivity index (χ3v) is 2.78. The van der Waals surface area contributed by atoms with E-state index < -0.39 is 0 Å². The van der Waals surface area contributed by atoms with Crippen LogP contribution in [0.15, 0.2) is 12.3 Å². The van der Waals surface area contributed by atoms with Crippen molar-refractivity contribution in [1.82, 2.24) is 12.9 Å². The summed E-state index contributed by atoms with van der Waals surface area (Å²) in [6.45, 7) is 1.67. The van der Waals surface area contributed by atoms with E-state index >= 15 is 0 Å². The largest absolute Gasteiger partial charge is 0.476 e. The fourth-order valence-electron chi connectivity index (χ4n) is 1.23. The van der Waals surface area contributed by atoms with Crippen molar-refractivity contribution in [2.75, 3.05) is 13.7 Å². The zero-order valence-corrected chi connectivity index (χ0v) is 8.93. The Labute approximate surface area is 85.0 Å². The van der Waals surface area contributed by atoms with Gasteiger partial charge in [-0.2, -0.15) is 5.10 Å². The molecule has 0 aliphatic carbocycles. The maximum absolute atomic E-state index is 5.49. The Bertz CT molecular complexity index is 273. The van der Waals surface area contributed by atoms with E-state index in [4.69, 9.17) is 4.74 Å². The van der Waals surface area contributed by atoms with Gasteiger partial charge in [0.1, 0.15) is 6.61 Å². The van der Waals surface area contributed by atoms with E-state index in [-0.39, 0.29) is 0 Å². The molecule has 1 aromatic heterocycles. The van der Waals surface area contributed by atoms with Gasteiger partial charge < -0.3 is 4.74 Å². The molecule has 66 valence electrons. The van der Waals surface area contributed by atoms with Crippen molar-refractivity contribution < 1.29 is 4.74 Å². The summed E-state index contributed by atoms with van der Waals surface area (Å²) in [7, 11) is 2.04. The van der Waals surface area contributed by atoms with Crippen molar-refractivity contribution >= 4 is 22.9 Å². The Balaban J connectivity index is 2.15. The van der Waals surface area contributed by atoms with Gasteiger partial charge in [-0.05, 0) is 7.05 Å². The second kappa shape index (κ2) is 3.21. The average Bonchev–Trinajstić information content (AvgIpc) is 2.49. The zero-order chi connectivity index (χ0) is 8.55. The first-order chi connectivity index (χ1) is 5.77. The number of aromatic nitrogens is 2. The molecule has 2 heterocycles. The van der Waals surface area contributed by atoms with Crippen molar-refractivity contribution in [1.29, 1.82) is 0 Å². The van der Waals surface area contributed by atoms with Crippen LogP contribution < -0.4 is 4.74 Å². The SMILES string of the molecule is CN(I)C1COc2ccnn2C1. The van der Waals surface area contributed by atoms with Gasteiger partial charge in [-0.1, -0.05) is 0 Å². The Morgan fingerprint density at radius 2 is 2.67 bits per heavy atom. The third kappa shape index (κ3) is 1.42. The molecule has 0 amide bonds. The van der Waals surface area contributed by atoms with E-state index in [9.17, 15) is 0 Å². The number of rotatable bonds is 1. The van der Waals surface area contributed by atoms with Crippen molar-refractivity contribution in [2.24, 2.45) is 0 Å². The number of likely N-dealkylation sites (N-methyl/N-ethyl adjacent to an activating group) is 1. The topological polar surface area (TPSA) is 30.3 Å². The molecule has 2 rings (SSSR count). The fraction of sp³-hybridized carbons (Fsp3) is 0.571. The van der Waals surface area contributed by atoms with Crippen LogP contribution in [0, 0.1) is 0 Å². The van der Waals surface area contributed by atoms with Gasteiger partial charge >= 0.3 is 0 Å². The Hall–Kier alpha value is -0.300. The van der Waals surface area contributed by atoms with Crippen LogP contribution in [0.25, 0.3) is 0 Å². The molecular formula is C7H10IN3O. The molecule has 0 spiro atoms. The highest BCUT2D eigenvalue weighted by Crippen LogP contribution is 2.18. The van der Waals surface area contributed by atoms with Crippen LogP contribution in [0.5, 0.6) is 5.88 Å². The van der Waals surface area contributed by atoms with E-state index in [0.29, 0.717) is 6.04 Å². The Morgan fingerprint density at radius 1 is 1.83 bits per heavy atom. The van der Waals surface area contributed by atoms with Gasteiger partial charge in [0, 0.05) is 28.9 Å². The van der Waals surface area contributed by atoms with E-state index in [1.54, 1.807) is 6.20 Å². The van der Waals surface area contributed by atoms with Crippen molar-refractivity contribution in [2.45, 2.75) is 12.6 Å². The normalized spacial score (nSPS) is 22.1. The predicted octanol–water partition coefficient (Wildman–Crippen LogP) is 0.926. The van der Waals surface area contributed by atoms with Crippen LogP contribution in [0.3, 0.4) is 0 Å². The lowest BCUT2D eigenvalue weighted by molar-refractivity contribution is 0.161. The van der Waals surface area contributed by atoms with E-state index in [1.165, 1.54) is 0 Å². The Morgan fingerprint density at radius 3 is 3.42 bits per heavy atom. The smallest absolute Gasteiger partial charge is 0.211 e. The van der Waals surface area contributed by atoms with E-state index in [1.807, 2.05) is 17.8 Å². The van der Waals surface area contributed by atoms with Gasteiger partial charge in [0.25, 0.3) is 0 Å². The summed E-state index contributed by atoms with van der Waals surface area (Å²) in [5, 5.41) is 4.15. The van der Waals surface area contributed by atoms with Gasteiger partial charge in [0.05, 0.1) is 18.8 Å². The molecule has 1 atom stereocenters. The third-order valence-electron chi connectivity index (χ3n) is 1.99. The zero-order valence-electron chi connectivity index (χ0n) is 6.77. The Kier molecular flexibility index (Phi) is 2.22. The van der Waals surface area contributed by atoms with Crippen molar-refractivity contribution in [3.05, 3.63) is 12.3 Å². The van der Waals surface area contributed by atoms with Gasteiger partial charge in [-0.3, -0.25) is 0 Å². The lowest BCUT2D eigenvalue weighted by Crippen LogP contribution is -2.38. The maximum Gasteiger partial charge on any atom is 0.211 e. The van der Waals surface area contributed by atoms with Gasteiger partial charge in [-0.25, -0.2) is 7.80 Å². The summed E-state index contributed by atoms with van der Waals surface area (Å²) in [6.07, 6.45) is 1.77. The first kappa shape index (κ1) is 8.31. The molecule has 12 heavy (non-hydrogen) atoms. The second-order valence-corrected chi connectivity index (χ2v) is 4.36. The van der Waals surface area contributed by atoms with Gasteiger partial charge in [0.2, 0.25) is 5.88 Å². The highest BCUT2D eigenvalue weighted by Gasteiger charge is 2.21. The molecule has 0 fully saturated rings. The standard InChI is InChI=1S/C7H10IN3O/c1-10(8)6-4-11-7(12-5-6)2-3-9-11/h2-3,6H,4-5H2,1H3. The van der Waals surface area contributed by atoms with Crippen LogP contribution in [0.2, 0.25) is 0 Å². The quantitative estimate of drug-likeness (QED) is 0.566. The van der Waals surface area contributed by atoms with Crippen LogP contribution in [0.1, 0.15) is 0 Å². The van der Waals surface area contributed by atoms with Gasteiger partial charge in [-0.15, -0.1) is 0 Å². The first-order valence-corrected chi connectivity index (χ1v) is 4.77. The molecule has 1 aliphatic rings. The molecule has 0 N–H and O–H groups in total. The van der Waals surface area contributed by atoms with E-state index in [0.717, 1.165) is 19.0 Å². The van der Waals surface area contributed by atoms with Crippen molar-refractivity contribution in [3.8, 4) is 5.88 Å². The summed E-state index contributed by atoms with van der Waals surface area (Å²) in [5.74, 6) is 0.879. The van der Waals surface area contributed by atoms with E-state index in [2.05, 4.69) is 31.1 Å². The summed E-state index contributed by atoms with van der Waals surface area (Å²) in [6, 6.07) is 2.32. The molecule has 1 unspecified atom stereocenters. The molecule has 1 aromatic rings. The minimum Gasteiger partial charge on any atom is -0.476 e. The number of halogens is 1. The highest BCUT2D eigenvalue weighted by molar-refractivity contribution is 14.1. The number of nitrogens with zero attached hydrogens (tertiary/aromatic N) is 3. The fourth-order valence-corrected chi connectivity index (χ4v) is 1.57. The second-order valence-electron chi connectivity index (χ2n) is 2.84. The summed E-state index contributed by atoms with van der Waals surface area (Å²) < 4.78 is 9.51. The average molecular weight is 279 g/mol. The molecule has 0 bridgehead atoms. The molecule has 0 aromatic carbocycles. The minimum atomic E-state index is 0.429. The summed E-state index contributed by atoms with van der Waals surface area (Å²) >= 11 is 2.27. The summed E-state index contributed by atoms with van der Waals surface area (Å²) in [5.41, 5.74) is 0. The number of fused-ring (bicyclic) bond motifs is 1. The number of ether oxygens (including phenoxy) is 1. The molecule has 1 aliphatic heterocycles. The monoisotopic (exact) mass is 279 g/mol. The van der Waals surface area contributed by atoms with Gasteiger partial charge in [0.15, 0.2) is 0 Å². The molecule has 4 nitrogen and oxygen atoms in total. The van der Waals surface area contributed by atoms with Crippen LogP contribution in [-0.4, -0.2) is 32.6 Å². The summed E-state index contributed by atoms with van der Waals surface area (Å²) in [4.78, 5) is 0. The molecule has 5 heteroatoms. The van der Waals surface area contributed by atoms with Crippen LogP contribution >= 0.6 is 22.9 Å². The molecule has 0 saturated carbocycles. The predicted molar refractivity (Wildman–Crippen MR) is 53.3 cm³/mol. The number of hydrogen-bond donors (Lipinski definition) is 0. The van der Waals surface area contributed by atoms with Crippen LogP contribution in [-0.2, 0) is 6.54 Å². The lowest BCUT2D eigenvalue weighted by Gasteiger charge is -2.27. The van der Waals surface area contributed by atoms with Crippen LogP contribution in [0.4, 0.5) is 0 Å². The molecular weight excluding hydrogens is 269 g/mol. The molecule has 0 saturated heterocycles. The maximum atomic E-state index is 5.49. The lowest BCUT2D eigenvalue weighted by atomic mass is 10.3. The number of hydrogen-bond acceptors (Lipinski definition) is 3. The van der Waals surface area contributed by atoms with Crippen molar-refractivity contribution in [3.63, 3.8) is 0 Å². The minimum absolute atomic E-state index is 0.429. The highest BCUT2D eigenvalue weighted by atomic mass is 127. The first-order valence-electron chi connectivity index (χ1n) is 3.80. The molecule has 0 radical (unpaired) electrons.